The van der Waals surface area contributed by atoms with Gasteiger partial charge in [-0.25, -0.2) is 4.98 Å². The van der Waals surface area contributed by atoms with Gasteiger partial charge in [-0.3, -0.25) is 14.4 Å². The number of H-pyrrole nitrogens is 1. The number of unbranched alkanes of at least 4 members (excludes halogenated alkanes) is 1. The lowest BCUT2D eigenvalue weighted by Gasteiger charge is -2.22. The molecule has 46 heavy (non-hydrogen) atoms. The van der Waals surface area contributed by atoms with Gasteiger partial charge in [0.15, 0.2) is 0 Å². The van der Waals surface area contributed by atoms with E-state index in [0.29, 0.717) is 25.8 Å². The zero-order valence-electron chi connectivity index (χ0n) is 25.6. The Hall–Kier alpha value is -5.62. The number of fused-ring (bicyclic) bond motifs is 2. The second-order valence-electron chi connectivity index (χ2n) is 11.3. The summed E-state index contributed by atoms with van der Waals surface area (Å²) in [5, 5.41) is 11.0. The predicted molar refractivity (Wildman–Crippen MR) is 182 cm³/mol. The molecule has 234 valence electrons. The average molecular weight is 615 g/mol. The van der Waals surface area contributed by atoms with E-state index in [4.69, 9.17) is 12.2 Å². The van der Waals surface area contributed by atoms with Gasteiger partial charge in [-0.15, -0.1) is 6.42 Å². The summed E-state index contributed by atoms with van der Waals surface area (Å²) in [4.78, 5) is 46.7. The summed E-state index contributed by atoms with van der Waals surface area (Å²) in [7, 11) is 0. The number of carbonyl (C=O) groups is 3. The Bertz CT molecular complexity index is 1860. The Morgan fingerprint density at radius 3 is 2.52 bits per heavy atom. The SMILES string of the molecule is C#Cc1ccc2nc(NCCCCC(NC(=O)C(Cc3ccccc3)NC(=O)CCc3c[nH]c4ccccc34)C(N)=O)ccc2c1. The van der Waals surface area contributed by atoms with Crippen LogP contribution in [0.25, 0.3) is 21.8 Å². The molecule has 9 nitrogen and oxygen atoms in total. The van der Waals surface area contributed by atoms with Crippen LogP contribution in [-0.4, -0.2) is 46.3 Å². The van der Waals surface area contributed by atoms with Crippen LogP contribution in [0.3, 0.4) is 0 Å². The molecule has 2 unspecified atom stereocenters. The lowest BCUT2D eigenvalue weighted by Crippen LogP contribution is -2.53. The van der Waals surface area contributed by atoms with E-state index in [1.165, 1.54) is 0 Å². The molecular formula is C37H38N6O3. The highest BCUT2D eigenvalue weighted by molar-refractivity contribution is 5.92. The molecule has 2 heterocycles. The number of aromatic nitrogens is 2. The summed E-state index contributed by atoms with van der Waals surface area (Å²) < 4.78 is 0. The minimum Gasteiger partial charge on any atom is -0.370 e. The molecule has 0 aliphatic rings. The van der Waals surface area contributed by atoms with E-state index in [2.05, 4.69) is 31.8 Å². The number of primary amides is 1. The van der Waals surface area contributed by atoms with Crippen LogP contribution >= 0.6 is 0 Å². The highest BCUT2D eigenvalue weighted by Gasteiger charge is 2.26. The van der Waals surface area contributed by atoms with Gasteiger partial charge in [-0.1, -0.05) is 54.5 Å². The van der Waals surface area contributed by atoms with Gasteiger partial charge < -0.3 is 26.7 Å². The summed E-state index contributed by atoms with van der Waals surface area (Å²) in [5.74, 6) is 2.06. The number of anilines is 1. The van der Waals surface area contributed by atoms with Crippen molar-refractivity contribution in [3.8, 4) is 12.3 Å². The number of pyridine rings is 1. The Kier molecular flexibility index (Phi) is 10.6. The third kappa shape index (κ3) is 8.51. The van der Waals surface area contributed by atoms with Gasteiger partial charge >= 0.3 is 0 Å². The first-order valence-corrected chi connectivity index (χ1v) is 15.5. The zero-order valence-corrected chi connectivity index (χ0v) is 25.6. The number of nitrogens with two attached hydrogens (primary N) is 1. The second kappa shape index (κ2) is 15.4. The number of amides is 3. The molecule has 5 rings (SSSR count). The fraction of sp³-hybridized carbons (Fsp3) is 0.243. The van der Waals surface area contributed by atoms with E-state index < -0.39 is 23.9 Å². The number of aromatic amines is 1. The Morgan fingerprint density at radius 2 is 1.72 bits per heavy atom. The van der Waals surface area contributed by atoms with Crippen molar-refractivity contribution < 1.29 is 14.4 Å². The van der Waals surface area contributed by atoms with Gasteiger partial charge in [0.2, 0.25) is 17.7 Å². The van der Waals surface area contributed by atoms with Crippen molar-refractivity contribution >= 4 is 45.3 Å². The predicted octanol–water partition coefficient (Wildman–Crippen LogP) is 4.61. The number of hydrogen-bond donors (Lipinski definition) is 5. The number of para-hydroxylation sites is 1. The van der Waals surface area contributed by atoms with Crippen molar-refractivity contribution in [2.45, 2.75) is 50.6 Å². The molecule has 0 spiro atoms. The standard InChI is InChI=1S/C37H38N6O3/c1-2-25-15-18-30-27(22-25)16-19-34(41-30)39-21-9-8-14-32(36(38)45)43-37(46)33(23-26-10-4-3-5-11-26)42-35(44)20-17-28-24-40-31-13-7-6-12-29(28)31/h1,3-7,10-13,15-16,18-19,22,24,32-33,40H,8-9,14,17,20-21,23H2,(H2,38,45)(H,39,41)(H,42,44)(H,43,46). The topological polar surface area (TPSA) is 142 Å². The van der Waals surface area contributed by atoms with Crippen molar-refractivity contribution in [1.29, 1.82) is 0 Å². The number of hydrogen-bond acceptors (Lipinski definition) is 5. The zero-order chi connectivity index (χ0) is 32.3. The third-order valence-corrected chi connectivity index (χ3v) is 7.97. The quantitative estimate of drug-likeness (QED) is 0.0865. The second-order valence-corrected chi connectivity index (χ2v) is 11.3. The maximum absolute atomic E-state index is 13.5. The fourth-order valence-corrected chi connectivity index (χ4v) is 5.47. The van der Waals surface area contributed by atoms with Crippen LogP contribution in [0, 0.1) is 12.3 Å². The molecule has 6 N–H and O–H groups in total. The van der Waals surface area contributed by atoms with E-state index in [1.807, 2.05) is 91.1 Å². The van der Waals surface area contributed by atoms with Crippen molar-refractivity contribution in [3.63, 3.8) is 0 Å². The molecule has 0 bridgehead atoms. The molecule has 0 fully saturated rings. The number of terminal acetylenes is 1. The Labute approximate surface area is 268 Å². The van der Waals surface area contributed by atoms with Gasteiger partial charge in [0, 0.05) is 47.4 Å². The van der Waals surface area contributed by atoms with Crippen LogP contribution in [-0.2, 0) is 27.2 Å². The van der Waals surface area contributed by atoms with Crippen LogP contribution in [0.15, 0.2) is 91.1 Å². The third-order valence-electron chi connectivity index (χ3n) is 7.97. The molecule has 5 aromatic rings. The molecule has 0 saturated heterocycles. The summed E-state index contributed by atoms with van der Waals surface area (Å²) in [5.41, 5.74) is 10.3. The molecule has 0 aliphatic carbocycles. The monoisotopic (exact) mass is 614 g/mol. The number of rotatable bonds is 15. The van der Waals surface area contributed by atoms with Gasteiger partial charge in [-0.2, -0.15) is 0 Å². The molecular weight excluding hydrogens is 576 g/mol. The number of nitrogens with one attached hydrogen (secondary N) is 4. The van der Waals surface area contributed by atoms with Crippen LogP contribution in [0.2, 0.25) is 0 Å². The maximum atomic E-state index is 13.5. The van der Waals surface area contributed by atoms with E-state index in [9.17, 15) is 14.4 Å². The Balaban J connectivity index is 1.14. The minimum absolute atomic E-state index is 0.213. The minimum atomic E-state index is -0.864. The summed E-state index contributed by atoms with van der Waals surface area (Å²) in [6.07, 6.45) is 10.2. The van der Waals surface area contributed by atoms with Crippen molar-refractivity contribution in [1.82, 2.24) is 20.6 Å². The number of benzene rings is 3. The van der Waals surface area contributed by atoms with Gasteiger partial charge in [0.05, 0.1) is 5.52 Å². The van der Waals surface area contributed by atoms with Crippen molar-refractivity contribution in [2.24, 2.45) is 5.73 Å². The van der Waals surface area contributed by atoms with Crippen molar-refractivity contribution in [3.05, 3.63) is 108 Å². The largest absolute Gasteiger partial charge is 0.370 e. The smallest absolute Gasteiger partial charge is 0.243 e. The highest BCUT2D eigenvalue weighted by Crippen LogP contribution is 2.19. The summed E-state index contributed by atoms with van der Waals surface area (Å²) in [6.45, 7) is 0.628. The molecule has 2 aromatic heterocycles. The molecule has 9 heteroatoms. The number of carbonyl (C=O) groups excluding carboxylic acids is 3. The fourth-order valence-electron chi connectivity index (χ4n) is 5.47. The van der Waals surface area contributed by atoms with Crippen LogP contribution in [0.5, 0.6) is 0 Å². The molecule has 0 saturated carbocycles. The lowest BCUT2D eigenvalue weighted by atomic mass is 10.0. The lowest BCUT2D eigenvalue weighted by molar-refractivity contribution is -0.131. The number of nitrogens with zero attached hydrogens (tertiary/aromatic N) is 1. The van der Waals surface area contributed by atoms with E-state index >= 15 is 0 Å². The summed E-state index contributed by atoms with van der Waals surface area (Å²) in [6, 6.07) is 25.2. The van der Waals surface area contributed by atoms with Crippen LogP contribution < -0.4 is 21.7 Å². The molecule has 2 atom stereocenters. The van der Waals surface area contributed by atoms with Crippen LogP contribution in [0.1, 0.15) is 42.4 Å². The van der Waals surface area contributed by atoms with E-state index in [0.717, 1.165) is 50.7 Å². The molecule has 0 radical (unpaired) electrons. The first kappa shape index (κ1) is 31.8. The molecule has 0 aliphatic heterocycles. The maximum Gasteiger partial charge on any atom is 0.243 e. The van der Waals surface area contributed by atoms with Crippen LogP contribution in [0.4, 0.5) is 5.82 Å². The van der Waals surface area contributed by atoms with Gasteiger partial charge in [-0.05, 0) is 73.2 Å². The van der Waals surface area contributed by atoms with Crippen molar-refractivity contribution in [2.75, 3.05) is 11.9 Å². The number of aryl methyl sites for hydroxylation is 1. The van der Waals surface area contributed by atoms with E-state index in [-0.39, 0.29) is 18.7 Å². The molecule has 3 amide bonds. The first-order chi connectivity index (χ1) is 22.4. The highest BCUT2D eigenvalue weighted by atomic mass is 16.2. The van der Waals surface area contributed by atoms with E-state index in [1.54, 1.807) is 0 Å². The van der Waals surface area contributed by atoms with Gasteiger partial charge in [0.1, 0.15) is 17.9 Å². The Morgan fingerprint density at radius 1 is 0.913 bits per heavy atom. The summed E-state index contributed by atoms with van der Waals surface area (Å²) >= 11 is 0. The average Bonchev–Trinajstić information content (AvgIpc) is 3.49. The normalized spacial score (nSPS) is 12.2. The molecule has 3 aromatic carbocycles. The first-order valence-electron chi connectivity index (χ1n) is 15.5. The van der Waals surface area contributed by atoms with Gasteiger partial charge in [0.25, 0.3) is 0 Å².